The Morgan fingerprint density at radius 2 is 2.00 bits per heavy atom. The van der Waals surface area contributed by atoms with Crippen LogP contribution in [0.5, 0.6) is 5.75 Å². The fourth-order valence-electron chi connectivity index (χ4n) is 3.57. The van der Waals surface area contributed by atoms with Crippen molar-refractivity contribution in [1.82, 2.24) is 14.9 Å². The van der Waals surface area contributed by atoms with Crippen molar-refractivity contribution in [2.45, 2.75) is 52.2 Å². The smallest absolute Gasteiger partial charge is 0.410 e. The molecule has 1 aliphatic rings. The van der Waals surface area contributed by atoms with Crippen LogP contribution in [0.2, 0.25) is 5.02 Å². The molecule has 0 spiro atoms. The normalized spacial score (nSPS) is 14.6. The molecule has 3 rings (SSSR count). The molecule has 0 saturated carbocycles. The molecule has 3 heterocycles. The Morgan fingerprint density at radius 1 is 1.22 bits per heavy atom. The fourth-order valence-corrected chi connectivity index (χ4v) is 3.72. The SMILES string of the molecule is COC[C@H](C)Oc1cc(NC(=O)Cc2ccc(C3=CCCN(C(=O)OC(C)(C)C)C3)nc2)ncc1Cl. The first kappa shape index (κ1) is 27.4. The van der Waals surface area contributed by atoms with Crippen LogP contribution in [-0.2, 0) is 20.7 Å². The minimum atomic E-state index is -0.544. The number of aromatic nitrogens is 2. The Kier molecular flexibility index (Phi) is 9.28. The quantitative estimate of drug-likeness (QED) is 0.540. The highest BCUT2D eigenvalue weighted by Gasteiger charge is 2.25. The van der Waals surface area contributed by atoms with Crippen LogP contribution in [0.1, 0.15) is 45.4 Å². The summed E-state index contributed by atoms with van der Waals surface area (Å²) in [6.07, 6.45) is 5.48. The third-order valence-electron chi connectivity index (χ3n) is 5.14. The van der Waals surface area contributed by atoms with Crippen LogP contribution in [0.25, 0.3) is 5.57 Å². The number of methoxy groups -OCH3 is 1. The average molecular weight is 517 g/mol. The second-order valence-electron chi connectivity index (χ2n) is 9.58. The fraction of sp³-hybridized carbons (Fsp3) is 0.462. The highest BCUT2D eigenvalue weighted by atomic mass is 35.5. The summed E-state index contributed by atoms with van der Waals surface area (Å²) in [6, 6.07) is 5.29. The summed E-state index contributed by atoms with van der Waals surface area (Å²) in [4.78, 5) is 35.3. The van der Waals surface area contributed by atoms with Gasteiger partial charge in [0.25, 0.3) is 0 Å². The number of hydrogen-bond acceptors (Lipinski definition) is 7. The van der Waals surface area contributed by atoms with Crippen molar-refractivity contribution in [2.24, 2.45) is 0 Å². The molecule has 0 aromatic carbocycles. The highest BCUT2D eigenvalue weighted by molar-refractivity contribution is 6.32. The predicted molar refractivity (Wildman–Crippen MR) is 138 cm³/mol. The van der Waals surface area contributed by atoms with Gasteiger partial charge in [-0.05, 0) is 51.3 Å². The minimum absolute atomic E-state index is 0.122. The van der Waals surface area contributed by atoms with Crippen LogP contribution >= 0.6 is 11.6 Å². The molecule has 36 heavy (non-hydrogen) atoms. The minimum Gasteiger partial charge on any atom is -0.487 e. The molecule has 1 atom stereocenters. The van der Waals surface area contributed by atoms with E-state index in [1.165, 1.54) is 6.20 Å². The van der Waals surface area contributed by atoms with E-state index in [0.717, 1.165) is 23.3 Å². The molecule has 2 aromatic heterocycles. The lowest BCUT2D eigenvalue weighted by Crippen LogP contribution is -2.39. The molecule has 0 unspecified atom stereocenters. The number of rotatable bonds is 8. The largest absolute Gasteiger partial charge is 0.487 e. The van der Waals surface area contributed by atoms with E-state index in [-0.39, 0.29) is 24.5 Å². The van der Waals surface area contributed by atoms with E-state index in [1.807, 2.05) is 39.8 Å². The molecule has 10 heteroatoms. The molecule has 0 aliphatic carbocycles. The van der Waals surface area contributed by atoms with Crippen molar-refractivity contribution in [3.8, 4) is 5.75 Å². The lowest BCUT2D eigenvalue weighted by molar-refractivity contribution is -0.115. The van der Waals surface area contributed by atoms with Gasteiger partial charge in [0.1, 0.15) is 28.3 Å². The number of hydrogen-bond donors (Lipinski definition) is 1. The summed E-state index contributed by atoms with van der Waals surface area (Å²) in [5.41, 5.74) is 1.91. The third-order valence-corrected chi connectivity index (χ3v) is 5.42. The number of carbonyl (C=O) groups excluding carboxylic acids is 2. The summed E-state index contributed by atoms with van der Waals surface area (Å²) in [7, 11) is 1.59. The van der Waals surface area contributed by atoms with Gasteiger partial charge in [0.05, 0.1) is 31.5 Å². The number of halogens is 1. The van der Waals surface area contributed by atoms with E-state index in [2.05, 4.69) is 21.4 Å². The van der Waals surface area contributed by atoms with Gasteiger partial charge in [0.15, 0.2) is 0 Å². The van der Waals surface area contributed by atoms with E-state index in [9.17, 15) is 9.59 Å². The summed E-state index contributed by atoms with van der Waals surface area (Å²) in [5.74, 6) is 0.505. The second kappa shape index (κ2) is 12.2. The number of nitrogens with one attached hydrogen (secondary N) is 1. The van der Waals surface area contributed by atoms with Gasteiger partial charge < -0.3 is 24.4 Å². The molecule has 2 amide bonds. The topological polar surface area (TPSA) is 103 Å². The first-order chi connectivity index (χ1) is 17.0. The molecule has 0 radical (unpaired) electrons. The molecule has 0 fully saturated rings. The lowest BCUT2D eigenvalue weighted by Gasteiger charge is -2.30. The number of pyridine rings is 2. The van der Waals surface area contributed by atoms with E-state index in [0.29, 0.717) is 36.3 Å². The first-order valence-electron chi connectivity index (χ1n) is 11.8. The Bertz CT molecular complexity index is 1100. The Labute approximate surface area is 216 Å². The third kappa shape index (κ3) is 8.20. The van der Waals surface area contributed by atoms with Gasteiger partial charge in [-0.3, -0.25) is 9.78 Å². The Morgan fingerprint density at radius 3 is 2.67 bits per heavy atom. The maximum atomic E-state index is 12.6. The maximum absolute atomic E-state index is 12.6. The second-order valence-corrected chi connectivity index (χ2v) is 9.99. The maximum Gasteiger partial charge on any atom is 0.410 e. The molecular weight excluding hydrogens is 484 g/mol. The zero-order valence-corrected chi connectivity index (χ0v) is 22.1. The molecule has 2 aromatic rings. The van der Waals surface area contributed by atoms with Crippen LogP contribution in [0.3, 0.4) is 0 Å². The van der Waals surface area contributed by atoms with E-state index in [1.54, 1.807) is 24.3 Å². The summed E-state index contributed by atoms with van der Waals surface area (Å²) in [6.45, 7) is 8.83. The molecule has 9 nitrogen and oxygen atoms in total. The zero-order valence-electron chi connectivity index (χ0n) is 21.3. The van der Waals surface area contributed by atoms with Gasteiger partial charge in [-0.15, -0.1) is 0 Å². The summed E-state index contributed by atoms with van der Waals surface area (Å²) >= 11 is 6.16. The van der Waals surface area contributed by atoms with Gasteiger partial charge in [0.2, 0.25) is 5.91 Å². The monoisotopic (exact) mass is 516 g/mol. The molecule has 1 aliphatic heterocycles. The van der Waals surface area contributed by atoms with Gasteiger partial charge in [-0.1, -0.05) is 23.7 Å². The number of anilines is 1. The van der Waals surface area contributed by atoms with E-state index >= 15 is 0 Å². The van der Waals surface area contributed by atoms with Crippen molar-refractivity contribution >= 4 is 35.0 Å². The van der Waals surface area contributed by atoms with Crippen molar-refractivity contribution in [1.29, 1.82) is 0 Å². The van der Waals surface area contributed by atoms with Crippen molar-refractivity contribution < 1.29 is 23.8 Å². The van der Waals surface area contributed by atoms with Crippen molar-refractivity contribution in [3.05, 3.63) is 52.9 Å². The molecule has 0 bridgehead atoms. The van der Waals surface area contributed by atoms with E-state index < -0.39 is 5.60 Å². The zero-order chi connectivity index (χ0) is 26.3. The van der Waals surface area contributed by atoms with Gasteiger partial charge in [-0.2, -0.15) is 0 Å². The van der Waals surface area contributed by atoms with Crippen LogP contribution < -0.4 is 10.1 Å². The first-order valence-corrected chi connectivity index (χ1v) is 12.1. The number of carbonyl (C=O) groups is 2. The van der Waals surface area contributed by atoms with Crippen molar-refractivity contribution in [3.63, 3.8) is 0 Å². The molecular formula is C26H33ClN4O5. The van der Waals surface area contributed by atoms with E-state index in [4.69, 9.17) is 25.8 Å². The number of amides is 2. The standard InChI is InChI=1S/C26H33ClN4O5/c1-17(16-34-5)35-22-12-23(29-14-20(22)27)30-24(32)11-18-8-9-21(28-13-18)19-7-6-10-31(15-19)25(33)36-26(2,3)4/h7-9,12-14,17H,6,10-11,15-16H2,1-5H3,(H,29,30,32)/t17-/m0/s1. The van der Waals surface area contributed by atoms with Crippen LogP contribution in [0.4, 0.5) is 10.6 Å². The van der Waals surface area contributed by atoms with Crippen LogP contribution in [-0.4, -0.2) is 65.4 Å². The van der Waals surface area contributed by atoms with Gasteiger partial charge in [0, 0.05) is 25.9 Å². The van der Waals surface area contributed by atoms with Gasteiger partial charge >= 0.3 is 6.09 Å². The molecule has 194 valence electrons. The number of ether oxygens (including phenoxy) is 3. The van der Waals surface area contributed by atoms with Gasteiger partial charge in [-0.25, -0.2) is 9.78 Å². The Balaban J connectivity index is 1.58. The lowest BCUT2D eigenvalue weighted by atomic mass is 10.0. The Hall–Kier alpha value is -3.17. The number of nitrogens with zero attached hydrogens (tertiary/aromatic N) is 3. The summed E-state index contributed by atoms with van der Waals surface area (Å²) < 4.78 is 16.3. The predicted octanol–water partition coefficient (Wildman–Crippen LogP) is 4.75. The summed E-state index contributed by atoms with van der Waals surface area (Å²) in [5, 5.41) is 3.11. The highest BCUT2D eigenvalue weighted by Crippen LogP contribution is 2.27. The average Bonchev–Trinajstić information content (AvgIpc) is 2.81. The molecule has 0 saturated heterocycles. The van der Waals surface area contributed by atoms with Crippen molar-refractivity contribution in [2.75, 3.05) is 32.1 Å². The van der Waals surface area contributed by atoms with Crippen LogP contribution in [0, 0.1) is 0 Å². The molecule has 1 N–H and O–H groups in total. The van der Waals surface area contributed by atoms with Crippen LogP contribution in [0.15, 0.2) is 36.7 Å².